The molecule has 1 aliphatic carbocycles. The number of nitro groups is 1. The standard InChI is InChI=1S/C33H28FN3O5S/c34-24-15-11-20(12-16-24)19-35-32(39)30-27(23-8-4-9-25(18-23)37(41)42)28(31(38)21-6-2-1-3-7-21)29(26-10-5-17-43-26)36(30)33(40)22-13-14-22/h1-12,15-18,22,27-30H,13-14,19H2,(H,35,39). The van der Waals surface area contributed by atoms with E-state index in [4.69, 9.17) is 0 Å². The maximum atomic E-state index is 14.5. The molecule has 4 aromatic rings. The van der Waals surface area contributed by atoms with Crippen molar-refractivity contribution >= 4 is 34.6 Å². The molecule has 1 N–H and O–H groups in total. The summed E-state index contributed by atoms with van der Waals surface area (Å²) < 4.78 is 13.5. The van der Waals surface area contributed by atoms with Crippen LogP contribution < -0.4 is 5.32 Å². The van der Waals surface area contributed by atoms with E-state index in [0.717, 1.165) is 4.88 Å². The van der Waals surface area contributed by atoms with Crippen LogP contribution in [0.15, 0.2) is 96.4 Å². The van der Waals surface area contributed by atoms with Gasteiger partial charge in [-0.05, 0) is 47.5 Å². The summed E-state index contributed by atoms with van der Waals surface area (Å²) in [6.07, 6.45) is 1.38. The molecule has 2 aliphatic rings. The Balaban J connectivity index is 1.51. The van der Waals surface area contributed by atoms with Crippen molar-refractivity contribution in [1.29, 1.82) is 0 Å². The van der Waals surface area contributed by atoms with Crippen LogP contribution in [0.2, 0.25) is 0 Å². The summed E-state index contributed by atoms with van der Waals surface area (Å²) in [5, 5.41) is 16.6. The zero-order valence-electron chi connectivity index (χ0n) is 23.0. The molecule has 43 heavy (non-hydrogen) atoms. The lowest BCUT2D eigenvalue weighted by Crippen LogP contribution is -2.49. The van der Waals surface area contributed by atoms with Crippen LogP contribution in [0.25, 0.3) is 0 Å². The van der Waals surface area contributed by atoms with E-state index >= 15 is 0 Å². The number of likely N-dealkylation sites (tertiary alicyclic amines) is 1. The minimum absolute atomic E-state index is 0.0731. The molecule has 4 atom stereocenters. The number of amides is 2. The van der Waals surface area contributed by atoms with E-state index in [1.165, 1.54) is 41.7 Å². The van der Waals surface area contributed by atoms with Gasteiger partial charge in [0, 0.05) is 41.0 Å². The lowest BCUT2D eigenvalue weighted by molar-refractivity contribution is -0.384. The van der Waals surface area contributed by atoms with Gasteiger partial charge in [0.05, 0.1) is 16.9 Å². The van der Waals surface area contributed by atoms with Gasteiger partial charge in [-0.2, -0.15) is 0 Å². The second-order valence-corrected chi connectivity index (χ2v) is 11.9. The highest BCUT2D eigenvalue weighted by Gasteiger charge is 2.59. The van der Waals surface area contributed by atoms with Gasteiger partial charge in [0.2, 0.25) is 11.8 Å². The number of Topliss-reactive ketones (excluding diaryl/α,β-unsaturated/α-hetero) is 1. The molecular formula is C33H28FN3O5S. The Kier molecular flexibility index (Phi) is 7.86. The highest BCUT2D eigenvalue weighted by molar-refractivity contribution is 7.10. The van der Waals surface area contributed by atoms with Crippen molar-refractivity contribution < 1.29 is 23.7 Å². The van der Waals surface area contributed by atoms with E-state index < -0.39 is 40.6 Å². The Bertz CT molecular complexity index is 1660. The molecule has 3 aromatic carbocycles. The van der Waals surface area contributed by atoms with Crippen molar-refractivity contribution in [3.8, 4) is 0 Å². The van der Waals surface area contributed by atoms with Gasteiger partial charge >= 0.3 is 0 Å². The van der Waals surface area contributed by atoms with Gasteiger partial charge in [0.1, 0.15) is 11.9 Å². The molecule has 10 heteroatoms. The molecule has 2 amide bonds. The fourth-order valence-corrected chi connectivity index (χ4v) is 6.89. The van der Waals surface area contributed by atoms with E-state index in [1.54, 1.807) is 53.4 Å². The summed E-state index contributed by atoms with van der Waals surface area (Å²) in [7, 11) is 0. The molecule has 4 unspecified atom stereocenters. The topological polar surface area (TPSA) is 110 Å². The number of halogens is 1. The van der Waals surface area contributed by atoms with Gasteiger partial charge in [0.15, 0.2) is 5.78 Å². The second-order valence-electron chi connectivity index (χ2n) is 10.9. The van der Waals surface area contributed by atoms with Crippen LogP contribution in [-0.4, -0.2) is 33.5 Å². The van der Waals surface area contributed by atoms with Crippen molar-refractivity contribution in [2.45, 2.75) is 37.4 Å². The van der Waals surface area contributed by atoms with Gasteiger partial charge in [-0.1, -0.05) is 60.7 Å². The van der Waals surface area contributed by atoms with Crippen LogP contribution in [0.3, 0.4) is 0 Å². The molecule has 218 valence electrons. The van der Waals surface area contributed by atoms with E-state index in [0.29, 0.717) is 29.5 Å². The number of hydrogen-bond donors (Lipinski definition) is 1. The number of carbonyl (C=O) groups is 3. The third-order valence-electron chi connectivity index (χ3n) is 8.16. The Morgan fingerprint density at radius 2 is 1.70 bits per heavy atom. The minimum Gasteiger partial charge on any atom is -0.350 e. The molecule has 0 bridgehead atoms. The fraction of sp³-hybridized carbons (Fsp3) is 0.242. The zero-order valence-corrected chi connectivity index (χ0v) is 23.8. The summed E-state index contributed by atoms with van der Waals surface area (Å²) in [6, 6.07) is 22.2. The SMILES string of the molecule is O=C(c1ccccc1)C1C(c2cccc([N+](=O)[O-])c2)C(C(=O)NCc2ccc(F)cc2)N(C(=O)C2CC2)C1c1cccs1. The smallest absolute Gasteiger partial charge is 0.269 e. The summed E-state index contributed by atoms with van der Waals surface area (Å²) in [5.74, 6) is -3.38. The molecule has 1 saturated carbocycles. The van der Waals surface area contributed by atoms with Crippen LogP contribution in [0.1, 0.15) is 51.2 Å². The third-order valence-corrected chi connectivity index (χ3v) is 9.10. The number of nitrogens with one attached hydrogen (secondary N) is 1. The number of thiophene rings is 1. The number of rotatable bonds is 9. The monoisotopic (exact) mass is 597 g/mol. The number of nitrogens with zero attached hydrogens (tertiary/aromatic N) is 2. The molecule has 6 rings (SSSR count). The normalized spacial score (nSPS) is 21.4. The van der Waals surface area contributed by atoms with E-state index in [-0.39, 0.29) is 29.8 Å². The Morgan fingerprint density at radius 3 is 2.35 bits per heavy atom. The maximum Gasteiger partial charge on any atom is 0.269 e. The highest BCUT2D eigenvalue weighted by atomic mass is 32.1. The summed E-state index contributed by atoms with van der Waals surface area (Å²) in [5.41, 5.74) is 1.34. The van der Waals surface area contributed by atoms with Crippen molar-refractivity contribution in [2.75, 3.05) is 0 Å². The van der Waals surface area contributed by atoms with Crippen molar-refractivity contribution in [3.05, 3.63) is 134 Å². The lowest BCUT2D eigenvalue weighted by Gasteiger charge is -2.31. The van der Waals surface area contributed by atoms with Crippen LogP contribution in [0, 0.1) is 27.8 Å². The first-order valence-electron chi connectivity index (χ1n) is 14.0. The zero-order chi connectivity index (χ0) is 30.1. The van der Waals surface area contributed by atoms with Crippen LogP contribution in [0.5, 0.6) is 0 Å². The molecular weight excluding hydrogens is 569 g/mol. The van der Waals surface area contributed by atoms with Crippen molar-refractivity contribution in [2.24, 2.45) is 11.8 Å². The Morgan fingerprint density at radius 1 is 0.953 bits per heavy atom. The summed E-state index contributed by atoms with van der Waals surface area (Å²) >= 11 is 1.40. The Hall–Kier alpha value is -4.70. The molecule has 8 nitrogen and oxygen atoms in total. The van der Waals surface area contributed by atoms with E-state index in [9.17, 15) is 28.9 Å². The number of non-ortho nitro benzene ring substituents is 1. The Labute approximate surface area is 251 Å². The number of ketones is 1. The largest absolute Gasteiger partial charge is 0.350 e. The molecule has 1 saturated heterocycles. The third kappa shape index (κ3) is 5.70. The molecule has 2 fully saturated rings. The predicted octanol–water partition coefficient (Wildman–Crippen LogP) is 6.06. The fourth-order valence-electron chi connectivity index (χ4n) is 6.02. The highest BCUT2D eigenvalue weighted by Crippen LogP contribution is 2.54. The van der Waals surface area contributed by atoms with Crippen molar-refractivity contribution in [3.63, 3.8) is 0 Å². The predicted molar refractivity (Wildman–Crippen MR) is 159 cm³/mol. The molecule has 1 aromatic heterocycles. The van der Waals surface area contributed by atoms with Crippen LogP contribution in [-0.2, 0) is 16.1 Å². The average Bonchev–Trinajstić information content (AvgIpc) is 3.62. The number of hydrogen-bond acceptors (Lipinski definition) is 6. The van der Waals surface area contributed by atoms with Gasteiger partial charge in [0.25, 0.3) is 5.69 Å². The first kappa shape index (κ1) is 28.4. The van der Waals surface area contributed by atoms with Gasteiger partial charge in [-0.15, -0.1) is 11.3 Å². The molecule has 0 spiro atoms. The molecule has 2 heterocycles. The first-order chi connectivity index (χ1) is 20.8. The van der Waals surface area contributed by atoms with E-state index in [2.05, 4.69) is 5.32 Å². The quantitative estimate of drug-likeness (QED) is 0.143. The number of carbonyl (C=O) groups excluding carboxylic acids is 3. The lowest BCUT2D eigenvalue weighted by atomic mass is 9.77. The van der Waals surface area contributed by atoms with Gasteiger partial charge < -0.3 is 10.2 Å². The first-order valence-corrected chi connectivity index (χ1v) is 14.9. The van der Waals surface area contributed by atoms with Crippen LogP contribution >= 0.6 is 11.3 Å². The molecule has 0 radical (unpaired) electrons. The molecule has 1 aliphatic heterocycles. The summed E-state index contributed by atoms with van der Waals surface area (Å²) in [4.78, 5) is 56.4. The van der Waals surface area contributed by atoms with Crippen LogP contribution in [0.4, 0.5) is 10.1 Å². The van der Waals surface area contributed by atoms with E-state index in [1.807, 2.05) is 17.5 Å². The summed E-state index contributed by atoms with van der Waals surface area (Å²) in [6.45, 7) is 0.0731. The van der Waals surface area contributed by atoms with Gasteiger partial charge in [-0.3, -0.25) is 24.5 Å². The van der Waals surface area contributed by atoms with Crippen molar-refractivity contribution in [1.82, 2.24) is 10.2 Å². The second kappa shape index (κ2) is 11.9. The number of nitro benzene ring substituents is 1. The minimum atomic E-state index is -1.12. The average molecular weight is 598 g/mol. The maximum absolute atomic E-state index is 14.5. The van der Waals surface area contributed by atoms with Gasteiger partial charge in [-0.25, -0.2) is 4.39 Å². The number of benzene rings is 3.